The third-order valence-corrected chi connectivity index (χ3v) is 5.23. The molecule has 0 saturated carbocycles. The summed E-state index contributed by atoms with van der Waals surface area (Å²) in [4.78, 5) is 25.7. The molecule has 0 atom stereocenters. The Kier molecular flexibility index (Phi) is 5.03. The first-order valence-electron chi connectivity index (χ1n) is 7.21. The van der Waals surface area contributed by atoms with Crippen LogP contribution in [0.25, 0.3) is 6.08 Å². The molecule has 1 amide bonds. The summed E-state index contributed by atoms with van der Waals surface area (Å²) in [6.07, 6.45) is 1.40. The molecule has 25 heavy (non-hydrogen) atoms. The fourth-order valence-electron chi connectivity index (χ4n) is 2.32. The standard InChI is InChI=1S/C18H11ClFNO2S2/c1-10(22)11-5-7-12(8-6-11)21-17(23)16(25-18(21)24)9-13-14(19)3-2-4-15(13)20/h2-9H,1H3/b16-9-. The van der Waals surface area contributed by atoms with Crippen LogP contribution in [0, 0.1) is 5.82 Å². The number of ketones is 1. The molecule has 1 aliphatic heterocycles. The maximum atomic E-state index is 13.9. The van der Waals surface area contributed by atoms with Gasteiger partial charge in [0, 0.05) is 11.1 Å². The van der Waals surface area contributed by atoms with E-state index in [1.807, 2.05) is 0 Å². The van der Waals surface area contributed by atoms with E-state index in [0.717, 1.165) is 11.8 Å². The van der Waals surface area contributed by atoms with Crippen molar-refractivity contribution in [2.45, 2.75) is 6.92 Å². The molecule has 0 radical (unpaired) electrons. The quantitative estimate of drug-likeness (QED) is 0.415. The lowest BCUT2D eigenvalue weighted by atomic mass is 10.1. The van der Waals surface area contributed by atoms with Crippen LogP contribution in [0.3, 0.4) is 0 Å². The normalized spacial score (nSPS) is 16.0. The number of carbonyl (C=O) groups excluding carboxylic acids is 2. The maximum Gasteiger partial charge on any atom is 0.270 e. The smallest absolute Gasteiger partial charge is 0.270 e. The van der Waals surface area contributed by atoms with Crippen LogP contribution in [-0.2, 0) is 4.79 Å². The number of thiocarbonyl (C=S) groups is 1. The Balaban J connectivity index is 1.95. The van der Waals surface area contributed by atoms with Gasteiger partial charge in [0.15, 0.2) is 10.1 Å². The Morgan fingerprint density at radius 1 is 1.24 bits per heavy atom. The molecule has 2 aromatic rings. The minimum atomic E-state index is -0.511. The molecule has 1 saturated heterocycles. The number of Topliss-reactive ketones (excluding diaryl/α,β-unsaturated/α-hetero) is 1. The molecule has 0 aromatic heterocycles. The highest BCUT2D eigenvalue weighted by molar-refractivity contribution is 8.27. The molecule has 2 aromatic carbocycles. The van der Waals surface area contributed by atoms with E-state index < -0.39 is 5.82 Å². The predicted molar refractivity (Wildman–Crippen MR) is 104 cm³/mol. The summed E-state index contributed by atoms with van der Waals surface area (Å²) in [7, 11) is 0. The van der Waals surface area contributed by atoms with Gasteiger partial charge in [0.25, 0.3) is 5.91 Å². The second kappa shape index (κ2) is 7.07. The number of rotatable bonds is 3. The lowest BCUT2D eigenvalue weighted by Crippen LogP contribution is -2.27. The maximum absolute atomic E-state index is 13.9. The highest BCUT2D eigenvalue weighted by Gasteiger charge is 2.33. The van der Waals surface area contributed by atoms with Crippen LogP contribution in [-0.4, -0.2) is 16.0 Å². The molecule has 1 fully saturated rings. The van der Waals surface area contributed by atoms with Gasteiger partial charge in [0.1, 0.15) is 5.82 Å². The third kappa shape index (κ3) is 3.51. The number of thioether (sulfide) groups is 1. The second-order valence-electron chi connectivity index (χ2n) is 5.26. The first-order valence-corrected chi connectivity index (χ1v) is 8.81. The van der Waals surface area contributed by atoms with Crippen molar-refractivity contribution in [3.05, 3.63) is 69.3 Å². The fourth-order valence-corrected chi connectivity index (χ4v) is 3.81. The van der Waals surface area contributed by atoms with Crippen molar-refractivity contribution in [1.29, 1.82) is 0 Å². The predicted octanol–water partition coefficient (Wildman–Crippen LogP) is 5.09. The summed E-state index contributed by atoms with van der Waals surface area (Å²) in [6.45, 7) is 1.47. The lowest BCUT2D eigenvalue weighted by Gasteiger charge is -2.14. The molecule has 7 heteroatoms. The van der Waals surface area contributed by atoms with E-state index in [4.69, 9.17) is 23.8 Å². The molecule has 0 spiro atoms. The Morgan fingerprint density at radius 3 is 2.52 bits per heavy atom. The van der Waals surface area contributed by atoms with E-state index in [2.05, 4.69) is 0 Å². The highest BCUT2D eigenvalue weighted by Crippen LogP contribution is 2.37. The molecule has 1 aliphatic rings. The number of benzene rings is 2. The van der Waals surface area contributed by atoms with Gasteiger partial charge in [-0.25, -0.2) is 4.39 Å². The highest BCUT2D eigenvalue weighted by atomic mass is 35.5. The number of halogens is 2. The molecule has 0 unspecified atom stereocenters. The molecular weight excluding hydrogens is 381 g/mol. The van der Waals surface area contributed by atoms with Gasteiger partial charge in [-0.15, -0.1) is 0 Å². The minimum absolute atomic E-state index is 0.0639. The van der Waals surface area contributed by atoms with Crippen molar-refractivity contribution in [2.24, 2.45) is 0 Å². The van der Waals surface area contributed by atoms with Crippen LogP contribution in [0.4, 0.5) is 10.1 Å². The summed E-state index contributed by atoms with van der Waals surface area (Å²) < 4.78 is 14.3. The molecule has 0 bridgehead atoms. The van der Waals surface area contributed by atoms with E-state index >= 15 is 0 Å². The fraction of sp³-hybridized carbons (Fsp3) is 0.0556. The largest absolute Gasteiger partial charge is 0.295 e. The average Bonchev–Trinajstić information content (AvgIpc) is 2.85. The van der Waals surface area contributed by atoms with E-state index in [-0.39, 0.29) is 27.2 Å². The summed E-state index contributed by atoms with van der Waals surface area (Å²) in [5.41, 5.74) is 1.25. The Morgan fingerprint density at radius 2 is 1.92 bits per heavy atom. The number of nitrogens with zero attached hydrogens (tertiary/aromatic N) is 1. The molecule has 126 valence electrons. The Hall–Kier alpha value is -2.02. The van der Waals surface area contributed by atoms with Crippen molar-refractivity contribution >= 4 is 63.4 Å². The number of amides is 1. The van der Waals surface area contributed by atoms with E-state index in [1.165, 1.54) is 30.0 Å². The van der Waals surface area contributed by atoms with Gasteiger partial charge < -0.3 is 0 Å². The summed E-state index contributed by atoms with van der Waals surface area (Å²) in [6, 6.07) is 10.9. The van der Waals surface area contributed by atoms with Gasteiger partial charge in [0.05, 0.1) is 15.6 Å². The van der Waals surface area contributed by atoms with Gasteiger partial charge in [-0.1, -0.05) is 41.6 Å². The molecule has 1 heterocycles. The molecular formula is C18H11ClFNO2S2. The number of carbonyl (C=O) groups is 2. The zero-order chi connectivity index (χ0) is 18.1. The monoisotopic (exact) mass is 391 g/mol. The molecule has 3 rings (SSSR count). The summed E-state index contributed by atoms with van der Waals surface area (Å²) >= 11 is 12.4. The van der Waals surface area contributed by atoms with Crippen molar-refractivity contribution in [2.75, 3.05) is 4.90 Å². The SMILES string of the molecule is CC(=O)c1ccc(N2C(=O)/C(=C/c3c(F)cccc3Cl)SC2=S)cc1. The third-order valence-electron chi connectivity index (χ3n) is 3.60. The number of anilines is 1. The lowest BCUT2D eigenvalue weighted by molar-refractivity contribution is -0.113. The zero-order valence-electron chi connectivity index (χ0n) is 13.0. The molecule has 0 N–H and O–H groups in total. The summed E-state index contributed by atoms with van der Waals surface area (Å²) in [5.74, 6) is -0.931. The van der Waals surface area contributed by atoms with E-state index in [9.17, 15) is 14.0 Å². The van der Waals surface area contributed by atoms with Crippen LogP contribution in [0.5, 0.6) is 0 Å². The van der Waals surface area contributed by atoms with Crippen LogP contribution < -0.4 is 4.90 Å². The first kappa shape index (κ1) is 17.8. The van der Waals surface area contributed by atoms with Gasteiger partial charge in [0.2, 0.25) is 0 Å². The second-order valence-corrected chi connectivity index (χ2v) is 7.34. The first-order chi connectivity index (χ1) is 11.9. The number of hydrogen-bond donors (Lipinski definition) is 0. The Labute approximate surface area is 158 Å². The Bertz CT molecular complexity index is 905. The van der Waals surface area contributed by atoms with E-state index in [1.54, 1.807) is 30.3 Å². The minimum Gasteiger partial charge on any atom is -0.295 e. The van der Waals surface area contributed by atoms with Crippen LogP contribution >= 0.6 is 35.6 Å². The van der Waals surface area contributed by atoms with Crippen molar-refractivity contribution in [3.63, 3.8) is 0 Å². The zero-order valence-corrected chi connectivity index (χ0v) is 15.3. The van der Waals surface area contributed by atoms with Gasteiger partial charge >= 0.3 is 0 Å². The van der Waals surface area contributed by atoms with Crippen molar-refractivity contribution in [3.8, 4) is 0 Å². The summed E-state index contributed by atoms with van der Waals surface area (Å²) in [5, 5.41) is 0.219. The van der Waals surface area contributed by atoms with Gasteiger partial charge in [-0.05, 0) is 49.4 Å². The molecule has 3 nitrogen and oxygen atoms in total. The average molecular weight is 392 g/mol. The molecule has 0 aliphatic carbocycles. The van der Waals surface area contributed by atoms with Gasteiger partial charge in [-0.2, -0.15) is 0 Å². The number of hydrogen-bond acceptors (Lipinski definition) is 4. The van der Waals surface area contributed by atoms with Crippen molar-refractivity contribution < 1.29 is 14.0 Å². The topological polar surface area (TPSA) is 37.4 Å². The van der Waals surface area contributed by atoms with Gasteiger partial charge in [-0.3, -0.25) is 14.5 Å². The van der Waals surface area contributed by atoms with Crippen LogP contribution in [0.1, 0.15) is 22.8 Å². The van der Waals surface area contributed by atoms with E-state index in [0.29, 0.717) is 15.6 Å². The van der Waals surface area contributed by atoms with Crippen molar-refractivity contribution in [1.82, 2.24) is 0 Å². The van der Waals surface area contributed by atoms with Crippen LogP contribution in [0.15, 0.2) is 47.4 Å². The van der Waals surface area contributed by atoms with Crippen LogP contribution in [0.2, 0.25) is 5.02 Å².